The minimum Gasteiger partial charge on any atom is -0.390 e. The fourth-order valence-corrected chi connectivity index (χ4v) is 4.04. The molecule has 0 bridgehead atoms. The van der Waals surface area contributed by atoms with E-state index in [0.717, 1.165) is 5.56 Å². The number of rotatable bonds is 7. The van der Waals surface area contributed by atoms with Crippen molar-refractivity contribution < 1.29 is 17.6 Å². The van der Waals surface area contributed by atoms with Crippen molar-refractivity contribution in [1.82, 2.24) is 19.5 Å². The first-order valence-electron chi connectivity index (χ1n) is 8.19. The second kappa shape index (κ2) is 7.38. The van der Waals surface area contributed by atoms with Crippen molar-refractivity contribution in [1.29, 1.82) is 0 Å². The van der Waals surface area contributed by atoms with Gasteiger partial charge in [0.05, 0.1) is 4.90 Å². The lowest BCUT2D eigenvalue weighted by Crippen LogP contribution is -2.30. The van der Waals surface area contributed by atoms with Crippen LogP contribution in [0.2, 0.25) is 0 Å². The summed E-state index contributed by atoms with van der Waals surface area (Å²) >= 11 is 0. The Bertz CT molecular complexity index is 999. The van der Waals surface area contributed by atoms with Crippen molar-refractivity contribution in [2.24, 2.45) is 0 Å². The first kappa shape index (κ1) is 18.3. The van der Waals surface area contributed by atoms with Crippen molar-refractivity contribution in [2.45, 2.75) is 25.3 Å². The smallest absolute Gasteiger partial charge is 0.243 e. The number of hydrogen-bond acceptors (Lipinski definition) is 5. The van der Waals surface area contributed by atoms with Crippen molar-refractivity contribution in [2.75, 3.05) is 13.1 Å². The highest BCUT2D eigenvalue weighted by Crippen LogP contribution is 2.20. The SMILES string of the molecule is CCN(CC)S(=O)(=O)c1ccc2nnn(OCc3ccc(F)cc3)c2c1. The Morgan fingerprint density at radius 2 is 1.81 bits per heavy atom. The lowest BCUT2D eigenvalue weighted by atomic mass is 10.2. The van der Waals surface area contributed by atoms with Gasteiger partial charge in [-0.05, 0) is 41.1 Å². The van der Waals surface area contributed by atoms with Gasteiger partial charge in [0, 0.05) is 13.1 Å². The maximum absolute atomic E-state index is 13.0. The zero-order chi connectivity index (χ0) is 18.7. The average molecular weight is 378 g/mol. The molecule has 0 atom stereocenters. The maximum Gasteiger partial charge on any atom is 0.243 e. The molecule has 0 N–H and O–H groups in total. The summed E-state index contributed by atoms with van der Waals surface area (Å²) in [5.74, 6) is -0.328. The third-order valence-electron chi connectivity index (χ3n) is 4.00. The molecule has 1 heterocycles. The minimum absolute atomic E-state index is 0.145. The molecule has 138 valence electrons. The zero-order valence-corrected chi connectivity index (χ0v) is 15.3. The molecule has 9 heteroatoms. The van der Waals surface area contributed by atoms with Crippen LogP contribution in [0.15, 0.2) is 47.4 Å². The molecule has 1 aromatic heterocycles. The van der Waals surface area contributed by atoms with Crippen LogP contribution in [0, 0.1) is 5.82 Å². The normalized spacial score (nSPS) is 12.0. The predicted octanol–water partition coefficient (Wildman–Crippen LogP) is 2.23. The van der Waals surface area contributed by atoms with Gasteiger partial charge < -0.3 is 4.84 Å². The van der Waals surface area contributed by atoms with Crippen molar-refractivity contribution in [3.05, 3.63) is 53.8 Å². The molecule has 0 aliphatic carbocycles. The van der Waals surface area contributed by atoms with E-state index in [-0.39, 0.29) is 17.3 Å². The van der Waals surface area contributed by atoms with E-state index in [4.69, 9.17) is 4.84 Å². The van der Waals surface area contributed by atoms with E-state index < -0.39 is 10.0 Å². The number of sulfonamides is 1. The van der Waals surface area contributed by atoms with Gasteiger partial charge in [0.1, 0.15) is 23.5 Å². The summed E-state index contributed by atoms with van der Waals surface area (Å²) in [7, 11) is -3.59. The molecule has 26 heavy (non-hydrogen) atoms. The van der Waals surface area contributed by atoms with E-state index in [0.29, 0.717) is 24.1 Å². The van der Waals surface area contributed by atoms with E-state index in [9.17, 15) is 12.8 Å². The van der Waals surface area contributed by atoms with Gasteiger partial charge in [-0.1, -0.05) is 30.8 Å². The van der Waals surface area contributed by atoms with Gasteiger partial charge in [0.15, 0.2) is 0 Å². The molecule has 0 saturated heterocycles. The van der Waals surface area contributed by atoms with Crippen LogP contribution in [0.3, 0.4) is 0 Å². The minimum atomic E-state index is -3.59. The first-order valence-corrected chi connectivity index (χ1v) is 9.63. The summed E-state index contributed by atoms with van der Waals surface area (Å²) in [6.45, 7) is 4.49. The Kier molecular flexibility index (Phi) is 5.19. The Labute approximate surface area is 151 Å². The quantitative estimate of drug-likeness (QED) is 0.630. The number of fused-ring (bicyclic) bond motifs is 1. The summed E-state index contributed by atoms with van der Waals surface area (Å²) in [5, 5.41) is 7.87. The van der Waals surface area contributed by atoms with E-state index in [1.807, 2.05) is 0 Å². The van der Waals surface area contributed by atoms with Gasteiger partial charge in [0.25, 0.3) is 0 Å². The number of halogens is 1. The van der Waals surface area contributed by atoms with Crippen LogP contribution in [-0.2, 0) is 16.6 Å². The summed E-state index contributed by atoms with van der Waals surface area (Å²) in [6, 6.07) is 10.5. The van der Waals surface area contributed by atoms with Gasteiger partial charge in [-0.3, -0.25) is 0 Å². The maximum atomic E-state index is 13.0. The molecule has 0 amide bonds. The largest absolute Gasteiger partial charge is 0.390 e. The van der Waals surface area contributed by atoms with E-state index in [2.05, 4.69) is 10.3 Å². The first-order chi connectivity index (χ1) is 12.5. The number of aromatic nitrogens is 3. The van der Waals surface area contributed by atoms with Crippen LogP contribution < -0.4 is 4.84 Å². The molecule has 0 radical (unpaired) electrons. The molecular weight excluding hydrogens is 359 g/mol. The third-order valence-corrected chi connectivity index (χ3v) is 6.04. The lowest BCUT2D eigenvalue weighted by molar-refractivity contribution is 0.0751. The van der Waals surface area contributed by atoms with E-state index in [1.54, 1.807) is 32.0 Å². The number of benzene rings is 2. The molecule has 2 aromatic carbocycles. The molecule has 0 saturated carbocycles. The second-order valence-electron chi connectivity index (χ2n) is 5.60. The van der Waals surface area contributed by atoms with Crippen molar-refractivity contribution in [3.63, 3.8) is 0 Å². The number of nitrogens with zero attached hydrogens (tertiary/aromatic N) is 4. The van der Waals surface area contributed by atoms with Crippen molar-refractivity contribution in [3.8, 4) is 0 Å². The highest BCUT2D eigenvalue weighted by Gasteiger charge is 2.22. The van der Waals surface area contributed by atoms with Crippen LogP contribution in [0.4, 0.5) is 4.39 Å². The molecule has 0 fully saturated rings. The molecule has 0 unspecified atom stereocenters. The van der Waals surface area contributed by atoms with Gasteiger partial charge in [-0.15, -0.1) is 5.10 Å². The fraction of sp³-hybridized carbons (Fsp3) is 0.294. The highest BCUT2D eigenvalue weighted by atomic mass is 32.2. The van der Waals surface area contributed by atoms with Gasteiger partial charge in [-0.25, -0.2) is 12.8 Å². The molecule has 0 aliphatic rings. The Morgan fingerprint density at radius 3 is 2.46 bits per heavy atom. The molecule has 3 rings (SSSR count). The molecule has 3 aromatic rings. The average Bonchev–Trinajstić information content (AvgIpc) is 3.04. The molecule has 0 aliphatic heterocycles. The lowest BCUT2D eigenvalue weighted by Gasteiger charge is -2.18. The van der Waals surface area contributed by atoms with Crippen LogP contribution in [0.25, 0.3) is 11.0 Å². The Hall–Kier alpha value is -2.52. The van der Waals surface area contributed by atoms with E-state index in [1.165, 1.54) is 33.4 Å². The van der Waals surface area contributed by atoms with Crippen molar-refractivity contribution >= 4 is 21.1 Å². The third kappa shape index (κ3) is 3.54. The monoisotopic (exact) mass is 378 g/mol. The van der Waals surface area contributed by atoms with Gasteiger partial charge >= 0.3 is 0 Å². The topological polar surface area (TPSA) is 77.3 Å². The molecule has 0 spiro atoms. The van der Waals surface area contributed by atoms with Crippen LogP contribution in [-0.4, -0.2) is 41.0 Å². The van der Waals surface area contributed by atoms with Crippen LogP contribution in [0.5, 0.6) is 0 Å². The second-order valence-corrected chi connectivity index (χ2v) is 7.54. The van der Waals surface area contributed by atoms with Crippen LogP contribution in [0.1, 0.15) is 19.4 Å². The summed E-state index contributed by atoms with van der Waals surface area (Å²) < 4.78 is 39.7. The molecule has 7 nitrogen and oxygen atoms in total. The summed E-state index contributed by atoms with van der Waals surface area (Å²) in [5.41, 5.74) is 1.71. The Balaban J connectivity index is 1.89. The summed E-state index contributed by atoms with van der Waals surface area (Å²) in [4.78, 5) is 6.91. The van der Waals surface area contributed by atoms with Gasteiger partial charge in [-0.2, -0.15) is 4.31 Å². The van der Waals surface area contributed by atoms with Gasteiger partial charge in [0.2, 0.25) is 10.0 Å². The van der Waals surface area contributed by atoms with Crippen LogP contribution >= 0.6 is 0 Å². The number of hydrogen-bond donors (Lipinski definition) is 0. The fourth-order valence-electron chi connectivity index (χ4n) is 2.56. The standard InChI is InChI=1S/C17H19FN4O3S/c1-3-21(4-2)26(23,24)15-9-10-16-17(11-15)22(20-19-16)25-12-13-5-7-14(18)8-6-13/h5-11H,3-4,12H2,1-2H3. The highest BCUT2D eigenvalue weighted by molar-refractivity contribution is 7.89. The Morgan fingerprint density at radius 1 is 1.12 bits per heavy atom. The molecular formula is C17H19FN4O3S. The summed E-state index contributed by atoms with van der Waals surface area (Å²) in [6.07, 6.45) is 0. The predicted molar refractivity (Wildman–Crippen MR) is 94.3 cm³/mol. The zero-order valence-electron chi connectivity index (χ0n) is 14.5. The van der Waals surface area contributed by atoms with E-state index >= 15 is 0 Å².